The van der Waals surface area contributed by atoms with Crippen molar-refractivity contribution in [1.82, 2.24) is 9.58 Å². The van der Waals surface area contributed by atoms with Crippen molar-refractivity contribution in [2.75, 3.05) is 11.6 Å². The van der Waals surface area contributed by atoms with E-state index in [-0.39, 0.29) is 40.8 Å². The molecule has 3 aromatic rings. The van der Waals surface area contributed by atoms with Crippen molar-refractivity contribution in [2.24, 2.45) is 0 Å². The first-order valence-electron chi connectivity index (χ1n) is 11.3. The van der Waals surface area contributed by atoms with Gasteiger partial charge in [0.1, 0.15) is 12.0 Å². The first-order chi connectivity index (χ1) is 16.6. The van der Waals surface area contributed by atoms with Gasteiger partial charge in [-0.05, 0) is 54.2 Å². The third-order valence-corrected chi connectivity index (χ3v) is 8.28. The summed E-state index contributed by atoms with van der Waals surface area (Å²) in [5.74, 6) is 0.201. The average Bonchev–Trinajstić information content (AvgIpc) is 3.01. The monoisotopic (exact) mass is 495 g/mol. The summed E-state index contributed by atoms with van der Waals surface area (Å²) in [5, 5.41) is 2.18. The summed E-state index contributed by atoms with van der Waals surface area (Å²) >= 11 is 1.69. The van der Waals surface area contributed by atoms with Crippen LogP contribution in [-0.4, -0.2) is 28.2 Å². The highest BCUT2D eigenvalue weighted by Gasteiger charge is 2.45. The third-order valence-electron chi connectivity index (χ3n) is 6.90. The van der Waals surface area contributed by atoms with Gasteiger partial charge in [0.15, 0.2) is 5.69 Å². The van der Waals surface area contributed by atoms with Crippen LogP contribution in [0.3, 0.4) is 0 Å². The van der Waals surface area contributed by atoms with Crippen LogP contribution in [0.2, 0.25) is 0 Å². The van der Waals surface area contributed by atoms with Gasteiger partial charge < -0.3 is 9.42 Å². The fourth-order valence-corrected chi connectivity index (χ4v) is 6.73. The van der Waals surface area contributed by atoms with Gasteiger partial charge in [0.05, 0.1) is 15.5 Å². The number of piperidine rings is 1. The molecular weight excluding hydrogens is 472 g/mol. The molecule has 1 fully saturated rings. The van der Waals surface area contributed by atoms with Crippen LogP contribution < -0.4 is 15.0 Å². The lowest BCUT2D eigenvalue weighted by atomic mass is 9.92. The van der Waals surface area contributed by atoms with Crippen molar-refractivity contribution in [3.63, 3.8) is 0 Å². The van der Waals surface area contributed by atoms with Gasteiger partial charge in [-0.1, -0.05) is 24.3 Å². The van der Waals surface area contributed by atoms with Crippen molar-refractivity contribution < 1.29 is 13.7 Å². The molecule has 174 valence electrons. The van der Waals surface area contributed by atoms with E-state index in [0.29, 0.717) is 12.3 Å². The molecular formula is C25H23FN3O3PS. The van der Waals surface area contributed by atoms with Gasteiger partial charge in [0.2, 0.25) is 11.2 Å². The maximum absolute atomic E-state index is 14.3. The third kappa shape index (κ3) is 3.27. The highest BCUT2D eigenvalue weighted by Crippen LogP contribution is 2.45. The van der Waals surface area contributed by atoms with E-state index in [4.69, 9.17) is 4.52 Å². The number of hydrogen-bond acceptors (Lipinski definition) is 5. The second-order valence-electron chi connectivity index (χ2n) is 8.75. The van der Waals surface area contributed by atoms with Gasteiger partial charge >= 0.3 is 0 Å². The highest BCUT2D eigenvalue weighted by molar-refractivity contribution is 7.98. The minimum absolute atomic E-state index is 0.0159. The van der Waals surface area contributed by atoms with E-state index in [1.54, 1.807) is 28.7 Å². The molecule has 3 aliphatic heterocycles. The van der Waals surface area contributed by atoms with E-state index in [1.807, 2.05) is 23.1 Å². The maximum Gasteiger partial charge on any atom is 0.278 e. The molecule has 0 bridgehead atoms. The number of aromatic nitrogens is 1. The number of amides is 1. The molecule has 0 N–H and O–H groups in total. The molecule has 1 saturated heterocycles. The number of pyridine rings is 1. The van der Waals surface area contributed by atoms with E-state index in [9.17, 15) is 14.0 Å². The summed E-state index contributed by atoms with van der Waals surface area (Å²) < 4.78 is 21.4. The zero-order valence-electron chi connectivity index (χ0n) is 18.3. The summed E-state index contributed by atoms with van der Waals surface area (Å²) in [7, 11) is 2.10. The van der Waals surface area contributed by atoms with E-state index < -0.39 is 0 Å². The number of thioether (sulfide) groups is 1. The van der Waals surface area contributed by atoms with Gasteiger partial charge in [-0.3, -0.25) is 19.3 Å². The topological polar surface area (TPSA) is 54.8 Å². The number of fused-ring (bicyclic) bond motifs is 4. The normalized spacial score (nSPS) is 21.2. The number of hydrogen-bond donors (Lipinski definition) is 0. The Kier molecular flexibility index (Phi) is 5.38. The average molecular weight is 496 g/mol. The highest BCUT2D eigenvalue weighted by atomic mass is 32.2. The largest absolute Gasteiger partial charge is 0.474 e. The van der Waals surface area contributed by atoms with Crippen LogP contribution in [0, 0.1) is 5.82 Å². The number of benzene rings is 2. The first-order valence-corrected chi connectivity index (χ1v) is 12.8. The lowest BCUT2D eigenvalue weighted by Gasteiger charge is -2.52. The second kappa shape index (κ2) is 8.43. The van der Waals surface area contributed by atoms with Crippen LogP contribution in [0.4, 0.5) is 4.39 Å². The Labute approximate surface area is 203 Å². The van der Waals surface area contributed by atoms with Crippen molar-refractivity contribution >= 4 is 27.1 Å². The summed E-state index contributed by atoms with van der Waals surface area (Å²) in [4.78, 5) is 29.2. The molecule has 0 saturated carbocycles. The maximum atomic E-state index is 14.3. The van der Waals surface area contributed by atoms with E-state index >= 15 is 0 Å². The Morgan fingerprint density at radius 2 is 1.91 bits per heavy atom. The molecule has 9 heteroatoms. The Balaban J connectivity index is 1.66. The molecule has 0 spiro atoms. The van der Waals surface area contributed by atoms with Crippen molar-refractivity contribution in [1.29, 1.82) is 0 Å². The Bertz CT molecular complexity index is 1360. The molecule has 6 rings (SSSR count). The summed E-state index contributed by atoms with van der Waals surface area (Å²) in [6.45, 7) is 0.610. The Hall–Kier alpha value is -2.83. The molecule has 1 amide bonds. The first kappa shape index (κ1) is 21.7. The zero-order valence-corrected chi connectivity index (χ0v) is 20.3. The quantitative estimate of drug-likeness (QED) is 0.492. The van der Waals surface area contributed by atoms with Crippen molar-refractivity contribution in [2.45, 2.75) is 42.1 Å². The number of carbonyl (C=O) groups excluding carboxylic acids is 1. The zero-order chi connectivity index (χ0) is 23.4. The number of nitrogens with zero attached hydrogens (tertiary/aromatic N) is 3. The molecule has 1 unspecified atom stereocenters. The molecule has 2 aromatic carbocycles. The number of carbonyl (C=O) groups is 1. The van der Waals surface area contributed by atoms with Crippen LogP contribution in [0.25, 0.3) is 0 Å². The number of halogens is 1. The minimum Gasteiger partial charge on any atom is -0.474 e. The predicted octanol–water partition coefficient (Wildman–Crippen LogP) is 4.46. The molecule has 34 heavy (non-hydrogen) atoms. The lowest BCUT2D eigenvalue weighted by molar-refractivity contribution is 0.0465. The van der Waals surface area contributed by atoms with Crippen LogP contribution in [-0.2, 0) is 5.75 Å². The Morgan fingerprint density at radius 3 is 2.76 bits per heavy atom. The molecule has 1 aromatic heterocycles. The Morgan fingerprint density at radius 1 is 1.06 bits per heavy atom. The summed E-state index contributed by atoms with van der Waals surface area (Å²) in [6, 6.07) is 14.3. The van der Waals surface area contributed by atoms with Crippen LogP contribution in [0.15, 0.2) is 64.4 Å². The SMILES string of the molecule is O=C1c2c(OP)c(=O)ccn2N([C@H]2c3ccc(F)cc3CSc3ccccc32)[C@@H]2CCCCN12. The molecule has 6 nitrogen and oxygen atoms in total. The van der Waals surface area contributed by atoms with Gasteiger partial charge in [-0.25, -0.2) is 4.39 Å². The summed E-state index contributed by atoms with van der Waals surface area (Å²) in [5.41, 5.74) is 2.89. The van der Waals surface area contributed by atoms with Gasteiger partial charge in [-0.15, -0.1) is 11.8 Å². The van der Waals surface area contributed by atoms with Crippen LogP contribution in [0.1, 0.15) is 52.5 Å². The smallest absolute Gasteiger partial charge is 0.278 e. The van der Waals surface area contributed by atoms with Crippen LogP contribution in [0.5, 0.6) is 5.75 Å². The second-order valence-corrected chi connectivity index (χ2v) is 10.0. The van der Waals surface area contributed by atoms with Crippen molar-refractivity contribution in [3.05, 3.63) is 93.2 Å². The van der Waals surface area contributed by atoms with Gasteiger partial charge in [0, 0.05) is 29.5 Å². The van der Waals surface area contributed by atoms with Crippen LogP contribution >= 0.6 is 21.2 Å². The molecule has 4 heterocycles. The standard InChI is InChI=1S/C25H23FN3O3PS/c26-16-8-9-17-15(13-16)14-34-20-6-2-1-5-18(20)22(17)29-21-7-3-4-11-27(21)25(31)23-24(32-33)19(30)10-12-28(23)29/h1-2,5-6,8-10,12-13,21-22H,3-4,7,11,14,33H2/t21-,22+/m1/s1. The van der Waals surface area contributed by atoms with E-state index in [1.165, 1.54) is 12.1 Å². The molecule has 3 atom stereocenters. The minimum atomic E-state index is -0.343. The lowest BCUT2D eigenvalue weighted by Crippen LogP contribution is -2.63. The summed E-state index contributed by atoms with van der Waals surface area (Å²) in [6.07, 6.45) is 4.17. The van der Waals surface area contributed by atoms with Gasteiger partial charge in [0.25, 0.3) is 5.91 Å². The van der Waals surface area contributed by atoms with Gasteiger partial charge in [-0.2, -0.15) is 0 Å². The molecule has 0 aliphatic carbocycles. The van der Waals surface area contributed by atoms with E-state index in [0.717, 1.165) is 40.8 Å². The fourth-order valence-electron chi connectivity index (χ4n) is 5.42. The van der Waals surface area contributed by atoms with Crippen molar-refractivity contribution in [3.8, 4) is 5.75 Å². The fraction of sp³-hybridized carbons (Fsp3) is 0.280. The van der Waals surface area contributed by atoms with E-state index in [2.05, 4.69) is 26.6 Å². The number of rotatable bonds is 2. The molecule has 3 aliphatic rings. The molecule has 0 radical (unpaired) electrons. The predicted molar refractivity (Wildman–Crippen MR) is 132 cm³/mol.